The van der Waals surface area contributed by atoms with Crippen LogP contribution in [0.1, 0.15) is 35.9 Å². The molecular weight excluding hydrogens is 363 g/mol. The van der Waals surface area contributed by atoms with Gasteiger partial charge in [0.2, 0.25) is 5.78 Å². The van der Waals surface area contributed by atoms with Crippen molar-refractivity contribution in [1.29, 1.82) is 0 Å². The van der Waals surface area contributed by atoms with Crippen molar-refractivity contribution in [2.24, 2.45) is 0 Å². The summed E-state index contributed by atoms with van der Waals surface area (Å²) in [5.41, 5.74) is 1.11. The molecule has 0 aliphatic heterocycles. The Kier molecular flexibility index (Phi) is 4.07. The van der Waals surface area contributed by atoms with Crippen molar-refractivity contribution in [2.75, 3.05) is 0 Å². The molecule has 5 heteroatoms. The number of nitrogens with zero attached hydrogens (tertiary/aromatic N) is 2. The summed E-state index contributed by atoms with van der Waals surface area (Å²) in [6, 6.07) is 7.55. The van der Waals surface area contributed by atoms with Crippen LogP contribution >= 0.6 is 34.2 Å². The Balaban J connectivity index is 2.53. The van der Waals surface area contributed by atoms with E-state index in [0.29, 0.717) is 16.3 Å². The first-order valence-electron chi connectivity index (χ1n) is 5.54. The van der Waals surface area contributed by atoms with Crippen LogP contribution in [0.5, 0.6) is 0 Å². The van der Waals surface area contributed by atoms with E-state index in [4.69, 9.17) is 11.6 Å². The van der Waals surface area contributed by atoms with Crippen LogP contribution in [0.3, 0.4) is 0 Å². The summed E-state index contributed by atoms with van der Waals surface area (Å²) in [6.07, 6.45) is 1.52. The molecule has 0 aliphatic rings. The fraction of sp³-hybridized carbons (Fsp3) is 0.231. The summed E-state index contributed by atoms with van der Waals surface area (Å²) >= 11 is 8.23. The summed E-state index contributed by atoms with van der Waals surface area (Å²) in [6.45, 7) is 3.94. The molecule has 0 saturated heterocycles. The number of hydrogen-bond acceptors (Lipinski definition) is 2. The zero-order valence-electron chi connectivity index (χ0n) is 10.0. The van der Waals surface area contributed by atoms with E-state index in [1.54, 1.807) is 10.7 Å². The molecule has 0 amide bonds. The molecule has 0 N–H and O–H groups in total. The predicted octanol–water partition coefficient (Wildman–Crippen LogP) is 3.95. The molecule has 94 valence electrons. The lowest BCUT2D eigenvalue weighted by molar-refractivity contribution is 0.102. The lowest BCUT2D eigenvalue weighted by atomic mass is 10.1. The number of benzene rings is 1. The van der Waals surface area contributed by atoms with Crippen molar-refractivity contribution in [3.05, 3.63) is 50.3 Å². The fourth-order valence-corrected chi connectivity index (χ4v) is 2.57. The minimum Gasteiger partial charge on any atom is -0.287 e. The predicted molar refractivity (Wildman–Crippen MR) is 80.2 cm³/mol. The molecule has 1 aromatic carbocycles. The van der Waals surface area contributed by atoms with Crippen LogP contribution in [0.4, 0.5) is 0 Å². The Bertz CT molecular complexity index is 592. The van der Waals surface area contributed by atoms with Gasteiger partial charge in [0, 0.05) is 15.2 Å². The molecule has 0 unspecified atom stereocenters. The van der Waals surface area contributed by atoms with Crippen molar-refractivity contribution in [3.63, 3.8) is 0 Å². The Labute approximate surface area is 124 Å². The van der Waals surface area contributed by atoms with Crippen LogP contribution in [-0.4, -0.2) is 15.6 Å². The first-order valence-corrected chi connectivity index (χ1v) is 7.00. The van der Waals surface area contributed by atoms with Gasteiger partial charge in [-0.25, -0.2) is 0 Å². The average molecular weight is 375 g/mol. The molecule has 0 spiro atoms. The van der Waals surface area contributed by atoms with Gasteiger partial charge in [0.05, 0.1) is 11.2 Å². The SMILES string of the molecule is CC(C)n1ncc(Cl)c1C(=O)c1ccccc1I. The van der Waals surface area contributed by atoms with Gasteiger partial charge in [-0.3, -0.25) is 9.48 Å². The van der Waals surface area contributed by atoms with Crippen molar-refractivity contribution < 1.29 is 4.79 Å². The van der Waals surface area contributed by atoms with Crippen LogP contribution in [0, 0.1) is 3.57 Å². The van der Waals surface area contributed by atoms with Crippen molar-refractivity contribution in [3.8, 4) is 0 Å². The molecule has 0 aliphatic carbocycles. The lowest BCUT2D eigenvalue weighted by Gasteiger charge is -2.11. The molecule has 2 aromatic rings. The average Bonchev–Trinajstić information content (AvgIpc) is 2.71. The molecule has 2 rings (SSSR count). The van der Waals surface area contributed by atoms with Gasteiger partial charge in [-0.05, 0) is 48.6 Å². The minimum absolute atomic E-state index is 0.0869. The number of rotatable bonds is 3. The van der Waals surface area contributed by atoms with E-state index in [9.17, 15) is 4.79 Å². The van der Waals surface area contributed by atoms with Gasteiger partial charge in [0.15, 0.2) is 0 Å². The molecule has 1 heterocycles. The molecular formula is C13H12ClIN2O. The van der Waals surface area contributed by atoms with Crippen molar-refractivity contribution in [2.45, 2.75) is 19.9 Å². The van der Waals surface area contributed by atoms with Crippen LogP contribution in [0.25, 0.3) is 0 Å². The van der Waals surface area contributed by atoms with Gasteiger partial charge < -0.3 is 0 Å². The van der Waals surface area contributed by atoms with Crippen LogP contribution in [-0.2, 0) is 0 Å². The highest BCUT2D eigenvalue weighted by molar-refractivity contribution is 14.1. The van der Waals surface area contributed by atoms with Gasteiger partial charge in [-0.15, -0.1) is 0 Å². The van der Waals surface area contributed by atoms with E-state index in [-0.39, 0.29) is 11.8 Å². The number of aromatic nitrogens is 2. The minimum atomic E-state index is -0.0869. The molecule has 18 heavy (non-hydrogen) atoms. The summed E-state index contributed by atoms with van der Waals surface area (Å²) < 4.78 is 2.57. The first kappa shape index (κ1) is 13.5. The van der Waals surface area contributed by atoms with Gasteiger partial charge in [0.1, 0.15) is 5.69 Å². The van der Waals surface area contributed by atoms with Gasteiger partial charge >= 0.3 is 0 Å². The summed E-state index contributed by atoms with van der Waals surface area (Å²) in [5, 5.41) is 4.55. The zero-order valence-corrected chi connectivity index (χ0v) is 12.9. The van der Waals surface area contributed by atoms with Gasteiger partial charge in [-0.2, -0.15) is 5.10 Å². The molecule has 3 nitrogen and oxygen atoms in total. The molecule has 1 aromatic heterocycles. The second-order valence-corrected chi connectivity index (χ2v) is 5.76. The maximum absolute atomic E-state index is 12.5. The summed E-state index contributed by atoms with van der Waals surface area (Å²) in [7, 11) is 0. The largest absolute Gasteiger partial charge is 0.287 e. The molecule has 0 atom stereocenters. The molecule has 0 bridgehead atoms. The first-order chi connectivity index (χ1) is 8.52. The van der Waals surface area contributed by atoms with Crippen LogP contribution in [0.2, 0.25) is 5.02 Å². The Hall–Kier alpha value is -0.880. The highest BCUT2D eigenvalue weighted by Gasteiger charge is 2.21. The van der Waals surface area contributed by atoms with Crippen LogP contribution in [0.15, 0.2) is 30.5 Å². The van der Waals surface area contributed by atoms with Crippen molar-refractivity contribution >= 4 is 40.0 Å². The zero-order chi connectivity index (χ0) is 13.3. The van der Waals surface area contributed by atoms with E-state index in [2.05, 4.69) is 27.7 Å². The normalized spacial score (nSPS) is 10.9. The second-order valence-electron chi connectivity index (χ2n) is 4.19. The van der Waals surface area contributed by atoms with E-state index in [0.717, 1.165) is 3.57 Å². The molecule has 0 saturated carbocycles. The van der Waals surface area contributed by atoms with Crippen molar-refractivity contribution in [1.82, 2.24) is 9.78 Å². The fourth-order valence-electron chi connectivity index (χ4n) is 1.72. The number of hydrogen-bond donors (Lipinski definition) is 0. The number of ketones is 1. The maximum atomic E-state index is 12.5. The van der Waals surface area contributed by atoms with Crippen LogP contribution < -0.4 is 0 Å². The highest BCUT2D eigenvalue weighted by atomic mass is 127. The lowest BCUT2D eigenvalue weighted by Crippen LogP contribution is -2.14. The van der Waals surface area contributed by atoms with E-state index < -0.39 is 0 Å². The monoisotopic (exact) mass is 374 g/mol. The Morgan fingerprint density at radius 2 is 2.06 bits per heavy atom. The standard InChI is InChI=1S/C13H12ClIN2O/c1-8(2)17-12(10(14)7-16-17)13(18)9-5-3-4-6-11(9)15/h3-8H,1-2H3. The molecule has 0 fully saturated rings. The summed E-state index contributed by atoms with van der Waals surface area (Å²) in [5.74, 6) is -0.0869. The third-order valence-corrected chi connectivity index (χ3v) is 3.79. The quantitative estimate of drug-likeness (QED) is 0.602. The topological polar surface area (TPSA) is 34.9 Å². The Morgan fingerprint density at radius 1 is 1.39 bits per heavy atom. The Morgan fingerprint density at radius 3 is 2.67 bits per heavy atom. The summed E-state index contributed by atoms with van der Waals surface area (Å²) in [4.78, 5) is 12.5. The number of carbonyl (C=O) groups is 1. The molecule has 0 radical (unpaired) electrons. The van der Waals surface area contributed by atoms with Gasteiger partial charge in [-0.1, -0.05) is 23.7 Å². The van der Waals surface area contributed by atoms with Gasteiger partial charge in [0.25, 0.3) is 0 Å². The third kappa shape index (κ3) is 2.44. The maximum Gasteiger partial charge on any atom is 0.213 e. The number of halogens is 2. The third-order valence-electron chi connectivity index (χ3n) is 2.57. The second kappa shape index (κ2) is 5.40. The van der Waals surface area contributed by atoms with E-state index >= 15 is 0 Å². The smallest absolute Gasteiger partial charge is 0.213 e. The van der Waals surface area contributed by atoms with E-state index in [1.165, 1.54) is 6.20 Å². The van der Waals surface area contributed by atoms with E-state index in [1.807, 2.05) is 32.0 Å². The number of carbonyl (C=O) groups excluding carboxylic acids is 1. The highest BCUT2D eigenvalue weighted by Crippen LogP contribution is 2.24.